The SMILES string of the molecule is COC(C)CN1C(=O)C(C)(C2CC2)NC(=O)C1CC(C)C. The van der Waals surface area contributed by atoms with Crippen LogP contribution in [-0.2, 0) is 14.3 Å². The van der Waals surface area contributed by atoms with Gasteiger partial charge in [0.2, 0.25) is 11.8 Å². The Labute approximate surface area is 127 Å². The highest BCUT2D eigenvalue weighted by molar-refractivity contribution is 6.00. The molecule has 0 radical (unpaired) electrons. The second kappa shape index (κ2) is 5.95. The van der Waals surface area contributed by atoms with E-state index in [0.717, 1.165) is 12.8 Å². The van der Waals surface area contributed by atoms with Crippen LogP contribution in [0.25, 0.3) is 0 Å². The Hall–Kier alpha value is -1.10. The van der Waals surface area contributed by atoms with Crippen LogP contribution in [0.3, 0.4) is 0 Å². The number of hydrogen-bond acceptors (Lipinski definition) is 3. The zero-order valence-electron chi connectivity index (χ0n) is 13.8. The minimum absolute atomic E-state index is 0.0130. The summed E-state index contributed by atoms with van der Waals surface area (Å²) in [5, 5.41) is 3.01. The molecule has 0 spiro atoms. The molecule has 0 aromatic heterocycles. The van der Waals surface area contributed by atoms with Crippen molar-refractivity contribution in [2.24, 2.45) is 11.8 Å². The van der Waals surface area contributed by atoms with Gasteiger partial charge in [0, 0.05) is 13.7 Å². The third-order valence-electron chi connectivity index (χ3n) is 4.71. The maximum absolute atomic E-state index is 13.0. The van der Waals surface area contributed by atoms with Crippen molar-refractivity contribution in [3.8, 4) is 0 Å². The van der Waals surface area contributed by atoms with Crippen molar-refractivity contribution in [1.82, 2.24) is 10.2 Å². The molecule has 120 valence electrons. The molecule has 1 aliphatic heterocycles. The number of amides is 2. The molecule has 2 fully saturated rings. The number of carbonyl (C=O) groups excluding carboxylic acids is 2. The fourth-order valence-electron chi connectivity index (χ4n) is 3.15. The molecule has 1 saturated carbocycles. The van der Waals surface area contributed by atoms with Crippen molar-refractivity contribution in [1.29, 1.82) is 0 Å². The summed E-state index contributed by atoms with van der Waals surface area (Å²) < 4.78 is 5.31. The smallest absolute Gasteiger partial charge is 0.249 e. The molecule has 0 aromatic rings. The summed E-state index contributed by atoms with van der Waals surface area (Å²) in [5.41, 5.74) is -0.724. The van der Waals surface area contributed by atoms with Crippen molar-refractivity contribution in [3.63, 3.8) is 0 Å². The van der Waals surface area contributed by atoms with Crippen LogP contribution in [0.5, 0.6) is 0 Å². The van der Waals surface area contributed by atoms with Gasteiger partial charge < -0.3 is 15.0 Å². The summed E-state index contributed by atoms with van der Waals surface area (Å²) in [5.74, 6) is 0.689. The summed E-state index contributed by atoms with van der Waals surface area (Å²) in [6.07, 6.45) is 2.66. The van der Waals surface area contributed by atoms with Crippen LogP contribution in [0, 0.1) is 11.8 Å². The number of carbonyl (C=O) groups is 2. The lowest BCUT2D eigenvalue weighted by molar-refractivity contribution is -0.157. The third-order valence-corrected chi connectivity index (χ3v) is 4.71. The van der Waals surface area contributed by atoms with Crippen LogP contribution in [0.15, 0.2) is 0 Å². The fourth-order valence-corrected chi connectivity index (χ4v) is 3.15. The van der Waals surface area contributed by atoms with Crippen molar-refractivity contribution in [2.45, 2.75) is 64.6 Å². The first-order chi connectivity index (χ1) is 9.79. The molecule has 5 nitrogen and oxygen atoms in total. The molecule has 1 heterocycles. The molecule has 0 bridgehead atoms. The second-order valence-corrected chi connectivity index (χ2v) is 7.12. The largest absolute Gasteiger partial charge is 0.380 e. The molecule has 1 N–H and O–H groups in total. The van der Waals surface area contributed by atoms with Crippen molar-refractivity contribution < 1.29 is 14.3 Å². The molecule has 2 rings (SSSR count). The average molecular weight is 296 g/mol. The van der Waals surface area contributed by atoms with Crippen molar-refractivity contribution in [2.75, 3.05) is 13.7 Å². The Balaban J connectivity index is 2.24. The first-order valence-corrected chi connectivity index (χ1v) is 7.95. The molecule has 5 heteroatoms. The number of nitrogens with one attached hydrogen (secondary N) is 1. The van der Waals surface area contributed by atoms with E-state index in [1.54, 1.807) is 12.0 Å². The highest BCUT2D eigenvalue weighted by atomic mass is 16.5. The van der Waals surface area contributed by atoms with Crippen LogP contribution in [0.4, 0.5) is 0 Å². The van der Waals surface area contributed by atoms with E-state index in [2.05, 4.69) is 19.2 Å². The molecule has 3 unspecified atom stereocenters. The van der Waals surface area contributed by atoms with E-state index < -0.39 is 5.54 Å². The molecule has 1 saturated heterocycles. The van der Waals surface area contributed by atoms with Gasteiger partial charge in [-0.1, -0.05) is 13.8 Å². The first kappa shape index (κ1) is 16.3. The summed E-state index contributed by atoms with van der Waals surface area (Å²) in [6.45, 7) is 8.43. The molecule has 0 aromatic carbocycles. The van der Waals surface area contributed by atoms with Gasteiger partial charge in [0.1, 0.15) is 11.6 Å². The quantitative estimate of drug-likeness (QED) is 0.809. The topological polar surface area (TPSA) is 58.6 Å². The molecule has 2 amide bonds. The predicted molar refractivity (Wildman–Crippen MR) is 80.7 cm³/mol. The third kappa shape index (κ3) is 3.23. The lowest BCUT2D eigenvalue weighted by Gasteiger charge is -2.45. The Bertz CT molecular complexity index is 420. The van der Waals surface area contributed by atoms with Crippen LogP contribution in [0.2, 0.25) is 0 Å². The van der Waals surface area contributed by atoms with Gasteiger partial charge in [-0.3, -0.25) is 9.59 Å². The molecule has 3 atom stereocenters. The van der Waals surface area contributed by atoms with Gasteiger partial charge in [-0.05, 0) is 44.9 Å². The number of ether oxygens (including phenoxy) is 1. The van der Waals surface area contributed by atoms with Gasteiger partial charge >= 0.3 is 0 Å². The van der Waals surface area contributed by atoms with Gasteiger partial charge in [0.25, 0.3) is 0 Å². The Morgan fingerprint density at radius 1 is 1.33 bits per heavy atom. The molecular formula is C16H28N2O3. The molecule has 2 aliphatic rings. The highest BCUT2D eigenvalue weighted by Crippen LogP contribution is 2.42. The number of hydrogen-bond donors (Lipinski definition) is 1. The summed E-state index contributed by atoms with van der Waals surface area (Å²) in [7, 11) is 1.64. The minimum atomic E-state index is -0.724. The van der Waals surface area contributed by atoms with E-state index in [-0.39, 0.29) is 29.9 Å². The maximum Gasteiger partial charge on any atom is 0.249 e. The van der Waals surface area contributed by atoms with E-state index in [4.69, 9.17) is 4.74 Å². The minimum Gasteiger partial charge on any atom is -0.380 e. The first-order valence-electron chi connectivity index (χ1n) is 7.95. The molecule has 1 aliphatic carbocycles. The van der Waals surface area contributed by atoms with Crippen LogP contribution in [-0.4, -0.2) is 48.1 Å². The van der Waals surface area contributed by atoms with Crippen molar-refractivity contribution in [3.05, 3.63) is 0 Å². The highest BCUT2D eigenvalue weighted by Gasteiger charge is 2.55. The van der Waals surface area contributed by atoms with Gasteiger partial charge in [-0.15, -0.1) is 0 Å². The van der Waals surface area contributed by atoms with Crippen LogP contribution >= 0.6 is 0 Å². The average Bonchev–Trinajstić information content (AvgIpc) is 3.24. The fraction of sp³-hybridized carbons (Fsp3) is 0.875. The zero-order valence-corrected chi connectivity index (χ0v) is 13.8. The van der Waals surface area contributed by atoms with Crippen LogP contribution in [0.1, 0.15) is 47.0 Å². The Morgan fingerprint density at radius 3 is 2.43 bits per heavy atom. The molecular weight excluding hydrogens is 268 g/mol. The molecule has 21 heavy (non-hydrogen) atoms. The number of piperazine rings is 1. The van der Waals surface area contributed by atoms with Gasteiger partial charge in [-0.2, -0.15) is 0 Å². The van der Waals surface area contributed by atoms with E-state index in [1.165, 1.54) is 0 Å². The Morgan fingerprint density at radius 2 is 1.95 bits per heavy atom. The van der Waals surface area contributed by atoms with Gasteiger partial charge in [0.05, 0.1) is 6.10 Å². The number of rotatable bonds is 6. The lowest BCUT2D eigenvalue weighted by atomic mass is 9.87. The number of methoxy groups -OCH3 is 1. The van der Waals surface area contributed by atoms with Gasteiger partial charge in [0.15, 0.2) is 0 Å². The van der Waals surface area contributed by atoms with E-state index in [1.807, 2.05) is 13.8 Å². The Kier molecular flexibility index (Phi) is 4.61. The zero-order chi connectivity index (χ0) is 15.8. The van der Waals surface area contributed by atoms with E-state index >= 15 is 0 Å². The summed E-state index contributed by atoms with van der Waals surface area (Å²) in [6, 6.07) is -0.373. The second-order valence-electron chi connectivity index (χ2n) is 7.12. The maximum atomic E-state index is 13.0. The van der Waals surface area contributed by atoms with Crippen molar-refractivity contribution >= 4 is 11.8 Å². The summed E-state index contributed by atoms with van der Waals surface area (Å²) >= 11 is 0. The van der Waals surface area contributed by atoms with E-state index in [0.29, 0.717) is 18.9 Å². The standard InChI is InChI=1S/C16H28N2O3/c1-10(2)8-13-14(19)17-16(4,12-6-7-12)15(20)18(13)9-11(3)21-5/h10-13H,6-9H2,1-5H3,(H,17,19). The predicted octanol–water partition coefficient (Wildman–Crippen LogP) is 1.56. The van der Waals surface area contributed by atoms with Gasteiger partial charge in [-0.25, -0.2) is 0 Å². The van der Waals surface area contributed by atoms with Crippen LogP contribution < -0.4 is 5.32 Å². The lowest BCUT2D eigenvalue weighted by Crippen LogP contribution is -2.71. The normalized spacial score (nSPS) is 31.5. The number of nitrogens with zero attached hydrogens (tertiary/aromatic N) is 1. The van der Waals surface area contributed by atoms with E-state index in [9.17, 15) is 9.59 Å². The summed E-state index contributed by atoms with van der Waals surface area (Å²) in [4.78, 5) is 27.3. The monoisotopic (exact) mass is 296 g/mol.